The topological polar surface area (TPSA) is 12.0 Å². The lowest BCUT2D eigenvalue weighted by Crippen LogP contribution is -2.32. The van der Waals surface area contributed by atoms with Crippen LogP contribution in [-0.2, 0) is 6.42 Å². The van der Waals surface area contributed by atoms with Crippen molar-refractivity contribution in [2.24, 2.45) is 5.92 Å². The van der Waals surface area contributed by atoms with Gasteiger partial charge in [-0.05, 0) is 48.9 Å². The van der Waals surface area contributed by atoms with Crippen molar-refractivity contribution in [1.29, 1.82) is 0 Å². The minimum Gasteiger partial charge on any atom is -0.310 e. The minimum atomic E-state index is -0.0345. The van der Waals surface area contributed by atoms with E-state index in [0.29, 0.717) is 12.0 Å². The molecule has 1 aliphatic carbocycles. The van der Waals surface area contributed by atoms with Gasteiger partial charge in [0.25, 0.3) is 0 Å². The Labute approximate surface area is 97.1 Å². The SMILES string of the molecule is CCCNC1c2cccc(F)c2CCC1C. The highest BCUT2D eigenvalue weighted by Crippen LogP contribution is 2.35. The molecule has 0 spiro atoms. The number of hydrogen-bond donors (Lipinski definition) is 1. The first-order chi connectivity index (χ1) is 7.74. The zero-order valence-corrected chi connectivity index (χ0v) is 10.1. The zero-order valence-electron chi connectivity index (χ0n) is 10.1. The molecule has 1 aromatic rings. The summed E-state index contributed by atoms with van der Waals surface area (Å²) < 4.78 is 13.7. The van der Waals surface area contributed by atoms with Gasteiger partial charge in [0.2, 0.25) is 0 Å². The van der Waals surface area contributed by atoms with E-state index in [2.05, 4.69) is 25.2 Å². The first-order valence-electron chi connectivity index (χ1n) is 6.24. The standard InChI is InChI=1S/C14H20FN/c1-3-9-16-14-10(2)7-8-11-12(14)5-4-6-13(11)15/h4-6,10,14,16H,3,7-9H2,1-2H3. The van der Waals surface area contributed by atoms with Crippen LogP contribution in [0.2, 0.25) is 0 Å². The van der Waals surface area contributed by atoms with E-state index < -0.39 is 0 Å². The fraction of sp³-hybridized carbons (Fsp3) is 0.571. The Kier molecular flexibility index (Phi) is 3.59. The van der Waals surface area contributed by atoms with Crippen molar-refractivity contribution in [2.75, 3.05) is 6.54 Å². The number of halogens is 1. The molecule has 1 aromatic carbocycles. The molecule has 0 saturated heterocycles. The van der Waals surface area contributed by atoms with Gasteiger partial charge < -0.3 is 5.32 Å². The van der Waals surface area contributed by atoms with Gasteiger partial charge in [-0.3, -0.25) is 0 Å². The molecule has 1 N–H and O–H groups in total. The molecule has 0 amide bonds. The molecule has 1 aliphatic rings. The van der Waals surface area contributed by atoms with Crippen molar-refractivity contribution in [3.8, 4) is 0 Å². The normalized spacial score (nSPS) is 24.2. The monoisotopic (exact) mass is 221 g/mol. The van der Waals surface area contributed by atoms with Crippen LogP contribution in [-0.4, -0.2) is 6.54 Å². The second-order valence-electron chi connectivity index (χ2n) is 4.76. The summed E-state index contributed by atoms with van der Waals surface area (Å²) in [6, 6.07) is 5.80. The maximum Gasteiger partial charge on any atom is 0.126 e. The second-order valence-corrected chi connectivity index (χ2v) is 4.76. The van der Waals surface area contributed by atoms with E-state index in [1.54, 1.807) is 6.07 Å². The maximum absolute atomic E-state index is 13.7. The van der Waals surface area contributed by atoms with E-state index in [9.17, 15) is 4.39 Å². The fourth-order valence-corrected chi connectivity index (χ4v) is 2.59. The Balaban J connectivity index is 2.29. The summed E-state index contributed by atoms with van der Waals surface area (Å²) >= 11 is 0. The van der Waals surface area contributed by atoms with Crippen LogP contribution in [0.15, 0.2) is 18.2 Å². The third-order valence-electron chi connectivity index (χ3n) is 3.52. The van der Waals surface area contributed by atoms with Crippen LogP contribution >= 0.6 is 0 Å². The van der Waals surface area contributed by atoms with Crippen LogP contribution < -0.4 is 5.32 Å². The molecule has 0 aromatic heterocycles. The maximum atomic E-state index is 13.7. The second kappa shape index (κ2) is 4.96. The number of nitrogens with one attached hydrogen (secondary N) is 1. The van der Waals surface area contributed by atoms with E-state index in [1.165, 1.54) is 5.56 Å². The Hall–Kier alpha value is -0.890. The van der Waals surface area contributed by atoms with Gasteiger partial charge in [0.1, 0.15) is 5.82 Å². The first-order valence-corrected chi connectivity index (χ1v) is 6.24. The molecule has 1 nitrogen and oxygen atoms in total. The summed E-state index contributed by atoms with van der Waals surface area (Å²) in [5, 5.41) is 3.54. The third kappa shape index (κ3) is 2.12. The number of fused-ring (bicyclic) bond motifs is 1. The molecule has 16 heavy (non-hydrogen) atoms. The van der Waals surface area contributed by atoms with Crippen molar-refractivity contribution in [3.05, 3.63) is 35.1 Å². The molecular formula is C14H20FN. The highest BCUT2D eigenvalue weighted by Gasteiger charge is 2.27. The molecular weight excluding hydrogens is 201 g/mol. The molecule has 88 valence electrons. The van der Waals surface area contributed by atoms with Crippen LogP contribution in [0.3, 0.4) is 0 Å². The summed E-state index contributed by atoms with van der Waals surface area (Å²) in [4.78, 5) is 0. The molecule has 0 aliphatic heterocycles. The molecule has 0 heterocycles. The molecule has 2 heteroatoms. The van der Waals surface area contributed by atoms with Crippen LogP contribution in [0, 0.1) is 11.7 Å². The van der Waals surface area contributed by atoms with E-state index in [1.807, 2.05) is 6.07 Å². The van der Waals surface area contributed by atoms with Crippen LogP contribution in [0.4, 0.5) is 4.39 Å². The van der Waals surface area contributed by atoms with Gasteiger partial charge in [-0.15, -0.1) is 0 Å². The van der Waals surface area contributed by atoms with Crippen molar-refractivity contribution in [2.45, 2.75) is 39.2 Å². The van der Waals surface area contributed by atoms with Crippen LogP contribution in [0.25, 0.3) is 0 Å². The van der Waals surface area contributed by atoms with E-state index >= 15 is 0 Å². The highest BCUT2D eigenvalue weighted by atomic mass is 19.1. The third-order valence-corrected chi connectivity index (χ3v) is 3.52. The summed E-state index contributed by atoms with van der Waals surface area (Å²) in [7, 11) is 0. The van der Waals surface area contributed by atoms with Gasteiger partial charge in [0.15, 0.2) is 0 Å². The summed E-state index contributed by atoms with van der Waals surface area (Å²) in [5.41, 5.74) is 2.10. The smallest absolute Gasteiger partial charge is 0.126 e. The lowest BCUT2D eigenvalue weighted by atomic mass is 9.80. The Morgan fingerprint density at radius 3 is 3.00 bits per heavy atom. The Bertz CT molecular complexity index is 362. The molecule has 0 radical (unpaired) electrons. The molecule has 2 rings (SSSR count). The van der Waals surface area contributed by atoms with Crippen LogP contribution in [0.1, 0.15) is 43.9 Å². The number of benzene rings is 1. The predicted octanol–water partition coefficient (Wildman–Crippen LogP) is 3.45. The van der Waals surface area contributed by atoms with Crippen molar-refractivity contribution in [1.82, 2.24) is 5.32 Å². The average Bonchev–Trinajstić information content (AvgIpc) is 2.28. The molecule has 0 fully saturated rings. The van der Waals surface area contributed by atoms with E-state index in [4.69, 9.17) is 0 Å². The van der Waals surface area contributed by atoms with Gasteiger partial charge in [0, 0.05) is 6.04 Å². The lowest BCUT2D eigenvalue weighted by Gasteiger charge is -2.32. The van der Waals surface area contributed by atoms with E-state index in [-0.39, 0.29) is 5.82 Å². The van der Waals surface area contributed by atoms with Gasteiger partial charge >= 0.3 is 0 Å². The summed E-state index contributed by atoms with van der Waals surface area (Å²) in [6.07, 6.45) is 3.08. The average molecular weight is 221 g/mol. The highest BCUT2D eigenvalue weighted by molar-refractivity contribution is 5.34. The van der Waals surface area contributed by atoms with E-state index in [0.717, 1.165) is 31.4 Å². The zero-order chi connectivity index (χ0) is 11.5. The minimum absolute atomic E-state index is 0.0345. The first kappa shape index (κ1) is 11.6. The molecule has 0 saturated carbocycles. The largest absolute Gasteiger partial charge is 0.310 e. The summed E-state index contributed by atoms with van der Waals surface area (Å²) in [5.74, 6) is 0.563. The van der Waals surface area contributed by atoms with Gasteiger partial charge in [-0.1, -0.05) is 26.0 Å². The summed E-state index contributed by atoms with van der Waals surface area (Å²) in [6.45, 7) is 5.42. The number of rotatable bonds is 3. The van der Waals surface area contributed by atoms with Gasteiger partial charge in [-0.2, -0.15) is 0 Å². The number of hydrogen-bond acceptors (Lipinski definition) is 1. The van der Waals surface area contributed by atoms with Crippen molar-refractivity contribution < 1.29 is 4.39 Å². The van der Waals surface area contributed by atoms with Crippen molar-refractivity contribution >= 4 is 0 Å². The lowest BCUT2D eigenvalue weighted by molar-refractivity contribution is 0.340. The Morgan fingerprint density at radius 1 is 1.44 bits per heavy atom. The van der Waals surface area contributed by atoms with Gasteiger partial charge in [0.05, 0.1) is 0 Å². The Morgan fingerprint density at radius 2 is 2.25 bits per heavy atom. The predicted molar refractivity (Wildman–Crippen MR) is 64.9 cm³/mol. The molecule has 2 unspecified atom stereocenters. The van der Waals surface area contributed by atoms with Crippen LogP contribution in [0.5, 0.6) is 0 Å². The van der Waals surface area contributed by atoms with Crippen molar-refractivity contribution in [3.63, 3.8) is 0 Å². The molecule has 0 bridgehead atoms. The quantitative estimate of drug-likeness (QED) is 0.824. The molecule has 2 atom stereocenters. The van der Waals surface area contributed by atoms with Gasteiger partial charge in [-0.25, -0.2) is 4.39 Å². The fourth-order valence-electron chi connectivity index (χ4n) is 2.59.